The molecular formula is C17H34N2O. The Morgan fingerprint density at radius 1 is 1.05 bits per heavy atom. The third kappa shape index (κ3) is 4.71. The Balaban J connectivity index is 1.94. The molecule has 1 heterocycles. The zero-order valence-corrected chi connectivity index (χ0v) is 13.6. The van der Waals surface area contributed by atoms with Crippen LogP contribution in [0.5, 0.6) is 0 Å². The lowest BCUT2D eigenvalue weighted by Crippen LogP contribution is -2.51. The monoisotopic (exact) mass is 282 g/mol. The molecule has 0 aromatic carbocycles. The summed E-state index contributed by atoms with van der Waals surface area (Å²) < 4.78 is 5.86. The highest BCUT2D eigenvalue weighted by molar-refractivity contribution is 4.88. The van der Waals surface area contributed by atoms with E-state index < -0.39 is 0 Å². The van der Waals surface area contributed by atoms with Gasteiger partial charge in [-0.15, -0.1) is 0 Å². The summed E-state index contributed by atoms with van der Waals surface area (Å²) >= 11 is 0. The summed E-state index contributed by atoms with van der Waals surface area (Å²) in [7, 11) is 0. The van der Waals surface area contributed by atoms with Gasteiger partial charge in [-0.2, -0.15) is 0 Å². The summed E-state index contributed by atoms with van der Waals surface area (Å²) in [5, 5.41) is 3.82. The van der Waals surface area contributed by atoms with Crippen molar-refractivity contribution in [3.8, 4) is 0 Å². The van der Waals surface area contributed by atoms with Crippen LogP contribution in [0.25, 0.3) is 0 Å². The van der Waals surface area contributed by atoms with Crippen LogP contribution in [0.2, 0.25) is 0 Å². The van der Waals surface area contributed by atoms with Crippen LogP contribution in [0.1, 0.15) is 65.2 Å². The van der Waals surface area contributed by atoms with E-state index >= 15 is 0 Å². The molecule has 0 amide bonds. The summed E-state index contributed by atoms with van der Waals surface area (Å²) in [5.74, 6) is 0. The second-order valence-electron chi connectivity index (χ2n) is 6.49. The second kappa shape index (κ2) is 9.01. The number of nitrogens with zero attached hydrogens (tertiary/aromatic N) is 1. The predicted molar refractivity (Wildman–Crippen MR) is 85.2 cm³/mol. The van der Waals surface area contributed by atoms with Crippen molar-refractivity contribution in [1.82, 2.24) is 10.2 Å². The molecule has 1 saturated heterocycles. The van der Waals surface area contributed by atoms with E-state index in [-0.39, 0.29) is 0 Å². The van der Waals surface area contributed by atoms with Gasteiger partial charge in [0.05, 0.1) is 6.10 Å². The normalized spacial score (nSPS) is 31.6. The number of hydrogen-bond acceptors (Lipinski definition) is 3. The van der Waals surface area contributed by atoms with Gasteiger partial charge in [-0.3, -0.25) is 4.90 Å². The van der Waals surface area contributed by atoms with Crippen LogP contribution in [0.15, 0.2) is 0 Å². The van der Waals surface area contributed by atoms with Crippen LogP contribution >= 0.6 is 0 Å². The van der Waals surface area contributed by atoms with Gasteiger partial charge in [-0.05, 0) is 45.2 Å². The molecule has 3 heteroatoms. The van der Waals surface area contributed by atoms with E-state index in [2.05, 4.69) is 24.1 Å². The maximum Gasteiger partial charge on any atom is 0.0702 e. The molecule has 0 spiro atoms. The number of hydrogen-bond donors (Lipinski definition) is 1. The van der Waals surface area contributed by atoms with Gasteiger partial charge in [0, 0.05) is 25.2 Å². The minimum Gasteiger partial charge on any atom is -0.377 e. The molecule has 1 N–H and O–H groups in total. The van der Waals surface area contributed by atoms with Crippen molar-refractivity contribution in [1.29, 1.82) is 0 Å². The fourth-order valence-electron chi connectivity index (χ4n) is 3.84. The molecule has 0 radical (unpaired) electrons. The van der Waals surface area contributed by atoms with Crippen LogP contribution < -0.4 is 5.32 Å². The van der Waals surface area contributed by atoms with Crippen molar-refractivity contribution in [2.24, 2.45) is 0 Å². The van der Waals surface area contributed by atoms with Crippen LogP contribution in [-0.4, -0.2) is 49.3 Å². The zero-order valence-electron chi connectivity index (χ0n) is 13.6. The molecule has 1 aliphatic carbocycles. The summed E-state index contributed by atoms with van der Waals surface area (Å²) in [6, 6.07) is 1.41. The standard InChI is InChI=1S/C17H34N2O/c1-3-12-18-16-10-6-5-7-11-17(16)19(4-2)14-15-9-8-13-20-15/h15-18H,3-14H2,1-2H3. The van der Waals surface area contributed by atoms with Crippen molar-refractivity contribution in [2.45, 2.75) is 83.4 Å². The Bertz CT molecular complexity index is 253. The maximum atomic E-state index is 5.86. The van der Waals surface area contributed by atoms with E-state index in [4.69, 9.17) is 4.74 Å². The van der Waals surface area contributed by atoms with E-state index in [1.807, 2.05) is 0 Å². The highest BCUT2D eigenvalue weighted by atomic mass is 16.5. The number of likely N-dealkylation sites (N-methyl/N-ethyl adjacent to an activating group) is 1. The lowest BCUT2D eigenvalue weighted by Gasteiger charge is -2.37. The maximum absolute atomic E-state index is 5.86. The van der Waals surface area contributed by atoms with Gasteiger partial charge in [-0.25, -0.2) is 0 Å². The molecule has 3 atom stereocenters. The van der Waals surface area contributed by atoms with E-state index in [1.54, 1.807) is 0 Å². The summed E-state index contributed by atoms with van der Waals surface area (Å²) in [5.41, 5.74) is 0. The van der Waals surface area contributed by atoms with Crippen molar-refractivity contribution < 1.29 is 4.74 Å². The quantitative estimate of drug-likeness (QED) is 0.726. The third-order valence-corrected chi connectivity index (χ3v) is 4.97. The van der Waals surface area contributed by atoms with Crippen molar-refractivity contribution in [3.05, 3.63) is 0 Å². The fraction of sp³-hybridized carbons (Fsp3) is 1.00. The molecule has 2 fully saturated rings. The molecule has 118 valence electrons. The molecule has 20 heavy (non-hydrogen) atoms. The summed E-state index contributed by atoms with van der Waals surface area (Å²) in [4.78, 5) is 2.70. The second-order valence-corrected chi connectivity index (χ2v) is 6.49. The zero-order chi connectivity index (χ0) is 14.2. The molecule has 3 unspecified atom stereocenters. The van der Waals surface area contributed by atoms with Crippen LogP contribution in [-0.2, 0) is 4.74 Å². The van der Waals surface area contributed by atoms with Gasteiger partial charge >= 0.3 is 0 Å². The molecule has 0 bridgehead atoms. The van der Waals surface area contributed by atoms with Gasteiger partial charge < -0.3 is 10.1 Å². The largest absolute Gasteiger partial charge is 0.377 e. The molecule has 1 aliphatic heterocycles. The van der Waals surface area contributed by atoms with E-state index in [9.17, 15) is 0 Å². The van der Waals surface area contributed by atoms with Crippen molar-refractivity contribution in [3.63, 3.8) is 0 Å². The average molecular weight is 282 g/mol. The Morgan fingerprint density at radius 3 is 2.60 bits per heavy atom. The van der Waals surface area contributed by atoms with Gasteiger partial charge in [0.15, 0.2) is 0 Å². The molecule has 1 saturated carbocycles. The number of rotatable bonds is 7. The lowest BCUT2D eigenvalue weighted by molar-refractivity contribution is 0.0489. The van der Waals surface area contributed by atoms with E-state index in [0.29, 0.717) is 12.1 Å². The summed E-state index contributed by atoms with van der Waals surface area (Å²) in [6.45, 7) is 9.03. The predicted octanol–water partition coefficient (Wildman–Crippen LogP) is 3.19. The minimum absolute atomic E-state index is 0.491. The third-order valence-electron chi connectivity index (χ3n) is 4.97. The molecule has 2 rings (SSSR count). The first-order chi connectivity index (χ1) is 9.85. The highest BCUT2D eigenvalue weighted by Crippen LogP contribution is 2.24. The smallest absolute Gasteiger partial charge is 0.0702 e. The Labute approximate surface area is 125 Å². The fourth-order valence-corrected chi connectivity index (χ4v) is 3.84. The van der Waals surface area contributed by atoms with E-state index in [0.717, 1.165) is 25.7 Å². The SMILES string of the molecule is CCCNC1CCCCCC1N(CC)CC1CCCO1. The average Bonchev–Trinajstić information content (AvgIpc) is 2.87. The van der Waals surface area contributed by atoms with Crippen molar-refractivity contribution >= 4 is 0 Å². The minimum atomic E-state index is 0.491. The molecule has 0 aromatic rings. The number of ether oxygens (including phenoxy) is 1. The first kappa shape index (κ1) is 16.3. The van der Waals surface area contributed by atoms with Crippen molar-refractivity contribution in [2.75, 3.05) is 26.2 Å². The van der Waals surface area contributed by atoms with E-state index in [1.165, 1.54) is 57.9 Å². The van der Waals surface area contributed by atoms with Gasteiger partial charge in [-0.1, -0.05) is 33.1 Å². The molecule has 3 nitrogen and oxygen atoms in total. The Hall–Kier alpha value is -0.120. The van der Waals surface area contributed by atoms with Crippen LogP contribution in [0.3, 0.4) is 0 Å². The summed E-state index contributed by atoms with van der Waals surface area (Å²) in [6.07, 6.45) is 11.2. The van der Waals surface area contributed by atoms with Gasteiger partial charge in [0.2, 0.25) is 0 Å². The van der Waals surface area contributed by atoms with Crippen LogP contribution in [0, 0.1) is 0 Å². The highest BCUT2D eigenvalue weighted by Gasteiger charge is 2.30. The first-order valence-electron chi connectivity index (χ1n) is 8.94. The Kier molecular flexibility index (Phi) is 7.32. The van der Waals surface area contributed by atoms with Gasteiger partial charge in [0.25, 0.3) is 0 Å². The molecular weight excluding hydrogens is 248 g/mol. The number of nitrogens with one attached hydrogen (secondary N) is 1. The first-order valence-corrected chi connectivity index (χ1v) is 8.94. The Morgan fingerprint density at radius 2 is 1.90 bits per heavy atom. The van der Waals surface area contributed by atoms with Crippen LogP contribution in [0.4, 0.5) is 0 Å². The topological polar surface area (TPSA) is 24.5 Å². The lowest BCUT2D eigenvalue weighted by atomic mass is 10.00. The molecule has 0 aromatic heterocycles. The van der Waals surface area contributed by atoms with Gasteiger partial charge in [0.1, 0.15) is 0 Å². The molecule has 2 aliphatic rings.